The number of rotatable bonds is 6. The van der Waals surface area contributed by atoms with Crippen molar-refractivity contribution in [2.24, 2.45) is 5.73 Å². The first-order valence-corrected chi connectivity index (χ1v) is 7.53. The second-order valence-electron chi connectivity index (χ2n) is 5.23. The molecule has 0 aromatic heterocycles. The molecule has 0 heterocycles. The van der Waals surface area contributed by atoms with Gasteiger partial charge in [0.25, 0.3) is 0 Å². The van der Waals surface area contributed by atoms with E-state index in [0.717, 1.165) is 5.56 Å². The molecule has 1 aromatic rings. The smallest absolute Gasteiger partial charge is 0.241 e. The highest BCUT2D eigenvalue weighted by atomic mass is 32.2. The van der Waals surface area contributed by atoms with Crippen molar-refractivity contribution in [1.82, 2.24) is 4.72 Å². The van der Waals surface area contributed by atoms with Gasteiger partial charge in [-0.3, -0.25) is 0 Å². The Morgan fingerprint density at radius 3 is 2.47 bits per heavy atom. The van der Waals surface area contributed by atoms with Crippen molar-refractivity contribution < 1.29 is 13.2 Å². The highest BCUT2D eigenvalue weighted by Gasteiger charge is 2.27. The molecule has 0 bridgehead atoms. The van der Waals surface area contributed by atoms with Gasteiger partial charge in [-0.1, -0.05) is 12.1 Å². The summed E-state index contributed by atoms with van der Waals surface area (Å²) in [5, 5.41) is 0. The molecule has 0 aliphatic heterocycles. The maximum atomic E-state index is 12.3. The van der Waals surface area contributed by atoms with Crippen LogP contribution < -0.4 is 10.5 Å². The summed E-state index contributed by atoms with van der Waals surface area (Å²) >= 11 is 0. The van der Waals surface area contributed by atoms with Crippen LogP contribution in [0.3, 0.4) is 0 Å². The Kier molecular flexibility index (Phi) is 5.09. The minimum absolute atomic E-state index is 0.272. The predicted octanol–water partition coefficient (Wildman–Crippen LogP) is 1.16. The summed E-state index contributed by atoms with van der Waals surface area (Å²) in [5.74, 6) is 0. The van der Waals surface area contributed by atoms with Gasteiger partial charge >= 0.3 is 0 Å². The molecule has 0 saturated heterocycles. The fourth-order valence-electron chi connectivity index (χ4n) is 1.95. The monoisotopic (exact) mass is 286 g/mol. The summed E-state index contributed by atoms with van der Waals surface area (Å²) in [5.41, 5.74) is 6.47. The van der Waals surface area contributed by atoms with Crippen molar-refractivity contribution in [2.75, 3.05) is 13.7 Å². The number of nitrogens with two attached hydrogens (primary N) is 1. The standard InChI is InChI=1S/C13H22N2O3S/c1-10-7-11(8-14)5-6-12(10)19(16,17)15-13(2,3)9-18-4/h5-7,15H,8-9,14H2,1-4H3. The van der Waals surface area contributed by atoms with Gasteiger partial charge in [0, 0.05) is 13.7 Å². The van der Waals surface area contributed by atoms with Gasteiger partial charge in [-0.25, -0.2) is 13.1 Å². The van der Waals surface area contributed by atoms with Gasteiger partial charge < -0.3 is 10.5 Å². The summed E-state index contributed by atoms with van der Waals surface area (Å²) in [4.78, 5) is 0.272. The third-order valence-electron chi connectivity index (χ3n) is 2.68. The Bertz CT molecular complexity index is 539. The number of benzene rings is 1. The average Bonchev–Trinajstić information content (AvgIpc) is 2.26. The van der Waals surface area contributed by atoms with Crippen LogP contribution in [0.25, 0.3) is 0 Å². The second kappa shape index (κ2) is 6.00. The van der Waals surface area contributed by atoms with Gasteiger partial charge in [0.05, 0.1) is 17.0 Å². The summed E-state index contributed by atoms with van der Waals surface area (Å²) in [6.07, 6.45) is 0. The van der Waals surface area contributed by atoms with Crippen LogP contribution in [0.5, 0.6) is 0 Å². The van der Waals surface area contributed by atoms with Gasteiger partial charge in [0.1, 0.15) is 0 Å². The SMILES string of the molecule is COCC(C)(C)NS(=O)(=O)c1ccc(CN)cc1C. The van der Waals surface area contributed by atoms with Gasteiger partial charge in [-0.05, 0) is 38.0 Å². The lowest BCUT2D eigenvalue weighted by atomic mass is 10.1. The minimum atomic E-state index is -3.57. The lowest BCUT2D eigenvalue weighted by molar-refractivity contribution is 0.141. The molecular formula is C13H22N2O3S. The highest BCUT2D eigenvalue weighted by Crippen LogP contribution is 2.18. The van der Waals surface area contributed by atoms with E-state index in [-0.39, 0.29) is 4.90 Å². The molecular weight excluding hydrogens is 264 g/mol. The van der Waals surface area contributed by atoms with Crippen LogP contribution in [0, 0.1) is 6.92 Å². The number of hydrogen-bond acceptors (Lipinski definition) is 4. The Labute approximate surface area is 115 Å². The molecule has 108 valence electrons. The molecule has 0 saturated carbocycles. The van der Waals surface area contributed by atoms with Crippen LogP contribution in [0.4, 0.5) is 0 Å². The summed E-state index contributed by atoms with van der Waals surface area (Å²) < 4.78 is 32.3. The Morgan fingerprint density at radius 1 is 1.37 bits per heavy atom. The Balaban J connectivity index is 3.07. The van der Waals surface area contributed by atoms with Crippen LogP contribution in [0.15, 0.2) is 23.1 Å². The lowest BCUT2D eigenvalue weighted by Gasteiger charge is -2.25. The maximum Gasteiger partial charge on any atom is 0.241 e. The molecule has 19 heavy (non-hydrogen) atoms. The molecule has 0 amide bonds. The van der Waals surface area contributed by atoms with Gasteiger partial charge in [-0.2, -0.15) is 0 Å². The van der Waals surface area contributed by atoms with E-state index in [1.165, 1.54) is 7.11 Å². The second-order valence-corrected chi connectivity index (χ2v) is 6.88. The molecule has 0 aliphatic rings. The van der Waals surface area contributed by atoms with E-state index >= 15 is 0 Å². The fraction of sp³-hybridized carbons (Fsp3) is 0.538. The first-order valence-electron chi connectivity index (χ1n) is 6.04. The number of nitrogens with one attached hydrogen (secondary N) is 1. The van der Waals surface area contributed by atoms with Gasteiger partial charge in [-0.15, -0.1) is 0 Å². The van der Waals surface area contributed by atoms with Crippen molar-refractivity contribution >= 4 is 10.0 Å². The quantitative estimate of drug-likeness (QED) is 0.822. The van der Waals surface area contributed by atoms with E-state index in [2.05, 4.69) is 4.72 Å². The van der Waals surface area contributed by atoms with E-state index in [4.69, 9.17) is 10.5 Å². The summed E-state index contributed by atoms with van der Waals surface area (Å²) in [7, 11) is -2.03. The van der Waals surface area contributed by atoms with Crippen molar-refractivity contribution in [1.29, 1.82) is 0 Å². The molecule has 0 spiro atoms. The topological polar surface area (TPSA) is 81.4 Å². The van der Waals surface area contributed by atoms with E-state index in [0.29, 0.717) is 18.7 Å². The molecule has 1 aromatic carbocycles. The minimum Gasteiger partial charge on any atom is -0.383 e. The van der Waals surface area contributed by atoms with Crippen LogP contribution in [0.2, 0.25) is 0 Å². The van der Waals surface area contributed by atoms with Crippen LogP contribution >= 0.6 is 0 Å². The predicted molar refractivity (Wildman–Crippen MR) is 75.3 cm³/mol. The number of sulfonamides is 1. The summed E-state index contributed by atoms with van der Waals surface area (Å²) in [6.45, 7) is 6.00. The van der Waals surface area contributed by atoms with Gasteiger partial charge in [0.2, 0.25) is 10.0 Å². The molecule has 1 rings (SSSR count). The largest absolute Gasteiger partial charge is 0.383 e. The van der Waals surface area contributed by atoms with Crippen LogP contribution in [-0.4, -0.2) is 27.7 Å². The summed E-state index contributed by atoms with van der Waals surface area (Å²) in [6, 6.07) is 5.10. The van der Waals surface area contributed by atoms with Crippen LogP contribution in [0.1, 0.15) is 25.0 Å². The Morgan fingerprint density at radius 2 is 2.00 bits per heavy atom. The van der Waals surface area contributed by atoms with E-state index in [9.17, 15) is 8.42 Å². The van der Waals surface area contributed by atoms with Crippen molar-refractivity contribution in [3.8, 4) is 0 Å². The number of ether oxygens (including phenoxy) is 1. The van der Waals surface area contributed by atoms with Crippen LogP contribution in [-0.2, 0) is 21.3 Å². The molecule has 0 radical (unpaired) electrons. The molecule has 5 nitrogen and oxygen atoms in total. The Hall–Kier alpha value is -0.950. The molecule has 3 N–H and O–H groups in total. The molecule has 6 heteroatoms. The molecule has 0 unspecified atom stereocenters. The zero-order valence-electron chi connectivity index (χ0n) is 11.9. The third-order valence-corrected chi connectivity index (χ3v) is 4.54. The van der Waals surface area contributed by atoms with Crippen molar-refractivity contribution in [3.63, 3.8) is 0 Å². The van der Waals surface area contributed by atoms with Crippen molar-refractivity contribution in [2.45, 2.75) is 37.8 Å². The lowest BCUT2D eigenvalue weighted by Crippen LogP contribution is -2.46. The zero-order valence-corrected chi connectivity index (χ0v) is 12.7. The highest BCUT2D eigenvalue weighted by molar-refractivity contribution is 7.89. The first-order chi connectivity index (χ1) is 8.72. The molecule has 0 aliphatic carbocycles. The van der Waals surface area contributed by atoms with E-state index in [1.54, 1.807) is 39.0 Å². The molecule has 0 atom stereocenters. The zero-order chi connectivity index (χ0) is 14.7. The number of aryl methyl sites for hydroxylation is 1. The number of hydrogen-bond donors (Lipinski definition) is 2. The van der Waals surface area contributed by atoms with Crippen molar-refractivity contribution in [3.05, 3.63) is 29.3 Å². The normalized spacial score (nSPS) is 12.7. The third kappa shape index (κ3) is 4.28. The average molecular weight is 286 g/mol. The first kappa shape index (κ1) is 16.1. The van der Waals surface area contributed by atoms with Gasteiger partial charge in [0.15, 0.2) is 0 Å². The molecule has 0 fully saturated rings. The maximum absolute atomic E-state index is 12.3. The van der Waals surface area contributed by atoms with E-state index < -0.39 is 15.6 Å². The fourth-order valence-corrected chi connectivity index (χ4v) is 3.58. The van der Waals surface area contributed by atoms with E-state index in [1.807, 2.05) is 0 Å². The number of methoxy groups -OCH3 is 1.